The molecule has 0 bridgehead atoms. The molecule has 1 amide bonds. The first-order valence-corrected chi connectivity index (χ1v) is 9.49. The van der Waals surface area contributed by atoms with Gasteiger partial charge in [0.05, 0.1) is 19.1 Å². The highest BCUT2D eigenvalue weighted by Gasteiger charge is 2.34. The van der Waals surface area contributed by atoms with Gasteiger partial charge in [0.15, 0.2) is 0 Å². The molecule has 25 heavy (non-hydrogen) atoms. The molecule has 0 atom stereocenters. The lowest BCUT2D eigenvalue weighted by Gasteiger charge is -2.37. The van der Waals surface area contributed by atoms with Crippen LogP contribution < -0.4 is 10.1 Å². The van der Waals surface area contributed by atoms with E-state index in [1.165, 1.54) is 6.42 Å². The van der Waals surface area contributed by atoms with E-state index in [4.69, 9.17) is 4.74 Å². The minimum atomic E-state index is -0.759. The minimum absolute atomic E-state index is 0.115. The number of ether oxygens (including phenoxy) is 1. The molecule has 1 aliphatic carbocycles. The number of nitrogens with one attached hydrogen (secondary N) is 1. The van der Waals surface area contributed by atoms with E-state index >= 15 is 0 Å². The average molecular weight is 346 g/mol. The zero-order valence-corrected chi connectivity index (χ0v) is 15.2. The standard InChI is InChI=1S/C20H30N2O3/c1-25-18-7-5-6-17(14-18)21-16-8-12-22(13-9-16)19(23)15-20(24)10-3-2-4-11-20/h5-7,14,16,21,24H,2-4,8-13,15H2,1H3. The van der Waals surface area contributed by atoms with Crippen molar-refractivity contribution in [1.82, 2.24) is 4.90 Å². The van der Waals surface area contributed by atoms with Crippen molar-refractivity contribution in [2.75, 3.05) is 25.5 Å². The molecule has 0 spiro atoms. The van der Waals surface area contributed by atoms with Gasteiger partial charge in [0, 0.05) is 30.9 Å². The van der Waals surface area contributed by atoms with E-state index in [2.05, 4.69) is 5.32 Å². The molecular weight excluding hydrogens is 316 g/mol. The van der Waals surface area contributed by atoms with E-state index in [0.29, 0.717) is 12.5 Å². The van der Waals surface area contributed by atoms with Crippen molar-refractivity contribution in [2.45, 2.75) is 63.0 Å². The molecule has 1 heterocycles. The van der Waals surface area contributed by atoms with Crippen molar-refractivity contribution in [3.05, 3.63) is 24.3 Å². The zero-order valence-electron chi connectivity index (χ0n) is 15.2. The molecule has 5 nitrogen and oxygen atoms in total. The molecule has 2 N–H and O–H groups in total. The Morgan fingerprint density at radius 3 is 2.68 bits per heavy atom. The third-order valence-corrected chi connectivity index (χ3v) is 5.55. The maximum atomic E-state index is 12.5. The van der Waals surface area contributed by atoms with Crippen LogP contribution in [0.4, 0.5) is 5.69 Å². The fourth-order valence-corrected chi connectivity index (χ4v) is 4.00. The Kier molecular flexibility index (Phi) is 5.84. The highest BCUT2D eigenvalue weighted by atomic mass is 16.5. The number of amides is 1. The van der Waals surface area contributed by atoms with Crippen LogP contribution in [-0.4, -0.2) is 47.8 Å². The number of aliphatic hydroxyl groups is 1. The Morgan fingerprint density at radius 1 is 1.28 bits per heavy atom. The van der Waals surface area contributed by atoms with Gasteiger partial charge in [-0.15, -0.1) is 0 Å². The number of anilines is 1. The summed E-state index contributed by atoms with van der Waals surface area (Å²) in [6, 6.07) is 8.32. The maximum Gasteiger partial charge on any atom is 0.225 e. The SMILES string of the molecule is COc1cccc(NC2CCN(C(=O)CC3(O)CCCCC3)CC2)c1. The molecule has 1 aliphatic heterocycles. The van der Waals surface area contributed by atoms with Gasteiger partial charge in [-0.05, 0) is 37.8 Å². The number of rotatable bonds is 5. The molecule has 0 unspecified atom stereocenters. The Labute approximate surface area is 150 Å². The van der Waals surface area contributed by atoms with Gasteiger partial charge < -0.3 is 20.1 Å². The summed E-state index contributed by atoms with van der Waals surface area (Å²) in [5.74, 6) is 0.961. The lowest BCUT2D eigenvalue weighted by atomic mass is 9.82. The molecule has 1 aromatic carbocycles. The largest absolute Gasteiger partial charge is 0.497 e. The molecular formula is C20H30N2O3. The summed E-state index contributed by atoms with van der Waals surface area (Å²) in [6.07, 6.45) is 6.95. The summed E-state index contributed by atoms with van der Waals surface area (Å²) >= 11 is 0. The lowest BCUT2D eigenvalue weighted by molar-refractivity contribution is -0.138. The van der Waals surface area contributed by atoms with Gasteiger partial charge in [0.1, 0.15) is 5.75 Å². The summed E-state index contributed by atoms with van der Waals surface area (Å²) in [7, 11) is 1.67. The highest BCUT2D eigenvalue weighted by Crippen LogP contribution is 2.31. The Balaban J connectivity index is 1.47. The summed E-state index contributed by atoms with van der Waals surface area (Å²) in [6.45, 7) is 1.52. The third kappa shape index (κ3) is 4.88. The number of likely N-dealkylation sites (tertiary alicyclic amines) is 1. The number of nitrogens with zero attached hydrogens (tertiary/aromatic N) is 1. The van der Waals surface area contributed by atoms with Gasteiger partial charge in [0.2, 0.25) is 5.91 Å². The van der Waals surface area contributed by atoms with Gasteiger partial charge in [0.25, 0.3) is 0 Å². The summed E-state index contributed by atoms with van der Waals surface area (Å²) in [5.41, 5.74) is 0.297. The van der Waals surface area contributed by atoms with E-state index in [0.717, 1.165) is 63.1 Å². The third-order valence-electron chi connectivity index (χ3n) is 5.55. The smallest absolute Gasteiger partial charge is 0.225 e. The Hall–Kier alpha value is -1.75. The zero-order chi connectivity index (χ0) is 17.7. The minimum Gasteiger partial charge on any atom is -0.497 e. The van der Waals surface area contributed by atoms with Crippen LogP contribution in [0.2, 0.25) is 0 Å². The number of carbonyl (C=O) groups excluding carboxylic acids is 1. The van der Waals surface area contributed by atoms with E-state index in [1.54, 1.807) is 7.11 Å². The normalized spacial score (nSPS) is 21.0. The molecule has 2 aliphatic rings. The molecule has 1 aromatic rings. The van der Waals surface area contributed by atoms with Crippen molar-refractivity contribution in [3.8, 4) is 5.75 Å². The maximum absolute atomic E-state index is 12.5. The second kappa shape index (κ2) is 8.09. The fourth-order valence-electron chi connectivity index (χ4n) is 4.00. The van der Waals surface area contributed by atoms with E-state index in [1.807, 2.05) is 29.2 Å². The van der Waals surface area contributed by atoms with Crippen LogP contribution in [0.25, 0.3) is 0 Å². The Bertz CT molecular complexity index is 576. The molecule has 3 rings (SSSR count). The summed E-state index contributed by atoms with van der Waals surface area (Å²) in [4.78, 5) is 14.5. The number of piperidine rings is 1. The van der Waals surface area contributed by atoms with Crippen molar-refractivity contribution in [3.63, 3.8) is 0 Å². The van der Waals surface area contributed by atoms with Crippen molar-refractivity contribution < 1.29 is 14.6 Å². The number of benzene rings is 1. The van der Waals surface area contributed by atoms with Crippen molar-refractivity contribution in [1.29, 1.82) is 0 Å². The van der Waals surface area contributed by atoms with E-state index in [9.17, 15) is 9.90 Å². The molecule has 0 aromatic heterocycles. The second-order valence-electron chi connectivity index (χ2n) is 7.49. The van der Waals surface area contributed by atoms with Gasteiger partial charge >= 0.3 is 0 Å². The molecule has 5 heteroatoms. The lowest BCUT2D eigenvalue weighted by Crippen LogP contribution is -2.45. The second-order valence-corrected chi connectivity index (χ2v) is 7.49. The van der Waals surface area contributed by atoms with Crippen LogP contribution in [-0.2, 0) is 4.79 Å². The fraction of sp³-hybridized carbons (Fsp3) is 0.650. The number of hydrogen-bond donors (Lipinski definition) is 2. The number of carbonyl (C=O) groups is 1. The first-order chi connectivity index (χ1) is 12.1. The van der Waals surface area contributed by atoms with Crippen molar-refractivity contribution >= 4 is 11.6 Å². The summed E-state index contributed by atoms with van der Waals surface area (Å²) < 4.78 is 5.26. The van der Waals surface area contributed by atoms with Gasteiger partial charge in [-0.25, -0.2) is 0 Å². The molecule has 1 saturated carbocycles. The molecule has 2 fully saturated rings. The van der Waals surface area contributed by atoms with Crippen molar-refractivity contribution in [2.24, 2.45) is 0 Å². The van der Waals surface area contributed by atoms with Gasteiger partial charge in [-0.2, -0.15) is 0 Å². The first kappa shape index (κ1) is 18.1. The quantitative estimate of drug-likeness (QED) is 0.860. The van der Waals surface area contributed by atoms with Crippen LogP contribution in [0.3, 0.4) is 0 Å². The van der Waals surface area contributed by atoms with Crippen LogP contribution in [0, 0.1) is 0 Å². The van der Waals surface area contributed by atoms with E-state index in [-0.39, 0.29) is 5.91 Å². The number of hydrogen-bond acceptors (Lipinski definition) is 4. The topological polar surface area (TPSA) is 61.8 Å². The molecule has 0 radical (unpaired) electrons. The van der Waals surface area contributed by atoms with Crippen LogP contribution in [0.5, 0.6) is 5.75 Å². The predicted octanol–water partition coefficient (Wildman–Crippen LogP) is 3.18. The first-order valence-electron chi connectivity index (χ1n) is 9.49. The molecule has 138 valence electrons. The average Bonchev–Trinajstić information content (AvgIpc) is 2.62. The molecule has 1 saturated heterocycles. The van der Waals surface area contributed by atoms with Crippen LogP contribution in [0.15, 0.2) is 24.3 Å². The van der Waals surface area contributed by atoms with Crippen LogP contribution in [0.1, 0.15) is 51.4 Å². The Morgan fingerprint density at radius 2 is 2.00 bits per heavy atom. The van der Waals surface area contributed by atoms with Crippen LogP contribution >= 0.6 is 0 Å². The van der Waals surface area contributed by atoms with Gasteiger partial charge in [-0.3, -0.25) is 4.79 Å². The monoisotopic (exact) mass is 346 g/mol. The number of methoxy groups -OCH3 is 1. The van der Waals surface area contributed by atoms with Gasteiger partial charge in [-0.1, -0.05) is 25.3 Å². The predicted molar refractivity (Wildman–Crippen MR) is 98.9 cm³/mol. The summed E-state index contributed by atoms with van der Waals surface area (Å²) in [5, 5.41) is 14.1. The van der Waals surface area contributed by atoms with E-state index < -0.39 is 5.60 Å². The highest BCUT2D eigenvalue weighted by molar-refractivity contribution is 5.77.